The SMILES string of the molecule is COc1ccc(NC(=O)c2oc3c(C)ccc(C)c3c2C)cc1S(N)(=O)=O. The maximum absolute atomic E-state index is 12.7. The summed E-state index contributed by atoms with van der Waals surface area (Å²) in [5, 5.41) is 8.77. The second-order valence-corrected chi connectivity index (χ2v) is 7.85. The zero-order valence-corrected chi connectivity index (χ0v) is 16.2. The highest BCUT2D eigenvalue weighted by atomic mass is 32.2. The number of methoxy groups -OCH3 is 1. The summed E-state index contributed by atoms with van der Waals surface area (Å²) in [6.07, 6.45) is 0. The Hall–Kier alpha value is -2.84. The van der Waals surface area contributed by atoms with E-state index in [2.05, 4.69) is 5.32 Å². The third kappa shape index (κ3) is 3.41. The molecule has 2 aromatic carbocycles. The number of hydrogen-bond acceptors (Lipinski definition) is 5. The van der Waals surface area contributed by atoms with Gasteiger partial charge in [0.1, 0.15) is 16.2 Å². The topological polar surface area (TPSA) is 112 Å². The lowest BCUT2D eigenvalue weighted by Crippen LogP contribution is -2.16. The van der Waals surface area contributed by atoms with Gasteiger partial charge in [-0.05, 0) is 50.1 Å². The summed E-state index contributed by atoms with van der Waals surface area (Å²) in [6, 6.07) is 8.11. The second kappa shape index (κ2) is 6.71. The molecule has 0 aliphatic heterocycles. The molecule has 3 rings (SSSR count). The Labute approximate surface area is 157 Å². The van der Waals surface area contributed by atoms with Gasteiger partial charge in [-0.2, -0.15) is 0 Å². The number of furan rings is 1. The number of benzene rings is 2. The molecule has 0 aliphatic rings. The quantitative estimate of drug-likeness (QED) is 0.712. The van der Waals surface area contributed by atoms with E-state index >= 15 is 0 Å². The molecule has 0 fully saturated rings. The van der Waals surface area contributed by atoms with Crippen molar-refractivity contribution in [1.29, 1.82) is 0 Å². The second-order valence-electron chi connectivity index (χ2n) is 6.32. The van der Waals surface area contributed by atoms with Crippen molar-refractivity contribution in [2.24, 2.45) is 5.14 Å². The Morgan fingerprint density at radius 2 is 1.78 bits per heavy atom. The molecule has 0 unspecified atom stereocenters. The van der Waals surface area contributed by atoms with Crippen molar-refractivity contribution in [3.8, 4) is 5.75 Å². The molecule has 3 N–H and O–H groups in total. The van der Waals surface area contributed by atoms with Crippen LogP contribution in [0.3, 0.4) is 0 Å². The molecule has 8 heteroatoms. The van der Waals surface area contributed by atoms with Gasteiger partial charge in [0.05, 0.1) is 7.11 Å². The molecule has 142 valence electrons. The van der Waals surface area contributed by atoms with Crippen LogP contribution in [-0.4, -0.2) is 21.4 Å². The van der Waals surface area contributed by atoms with Crippen LogP contribution in [0.2, 0.25) is 0 Å². The number of carbonyl (C=O) groups excluding carboxylic acids is 1. The molecule has 0 bridgehead atoms. The summed E-state index contributed by atoms with van der Waals surface area (Å²) in [7, 11) is -2.67. The van der Waals surface area contributed by atoms with Crippen molar-refractivity contribution in [3.63, 3.8) is 0 Å². The lowest BCUT2D eigenvalue weighted by atomic mass is 10.0. The normalized spacial score (nSPS) is 11.6. The number of amides is 1. The van der Waals surface area contributed by atoms with E-state index in [-0.39, 0.29) is 22.1 Å². The average molecular weight is 388 g/mol. The highest BCUT2D eigenvalue weighted by molar-refractivity contribution is 7.89. The van der Waals surface area contributed by atoms with Crippen LogP contribution in [-0.2, 0) is 10.0 Å². The lowest BCUT2D eigenvalue weighted by Gasteiger charge is -2.10. The molecule has 0 atom stereocenters. The summed E-state index contributed by atoms with van der Waals surface area (Å²) < 4.78 is 34.3. The van der Waals surface area contributed by atoms with Crippen LogP contribution < -0.4 is 15.2 Å². The number of primary sulfonamides is 1. The van der Waals surface area contributed by atoms with Gasteiger partial charge < -0.3 is 14.5 Å². The largest absolute Gasteiger partial charge is 0.495 e. The van der Waals surface area contributed by atoms with Gasteiger partial charge in [-0.1, -0.05) is 12.1 Å². The number of ether oxygens (including phenoxy) is 1. The van der Waals surface area contributed by atoms with E-state index in [4.69, 9.17) is 14.3 Å². The molecule has 27 heavy (non-hydrogen) atoms. The van der Waals surface area contributed by atoms with Gasteiger partial charge >= 0.3 is 0 Å². The predicted octanol–water partition coefficient (Wildman–Crippen LogP) is 3.27. The van der Waals surface area contributed by atoms with Crippen LogP contribution in [0.4, 0.5) is 5.69 Å². The Kier molecular flexibility index (Phi) is 4.71. The lowest BCUT2D eigenvalue weighted by molar-refractivity contribution is 0.0998. The van der Waals surface area contributed by atoms with Crippen LogP contribution in [0.5, 0.6) is 5.75 Å². The number of carbonyl (C=O) groups is 1. The number of anilines is 1. The first kappa shape index (κ1) is 18.9. The highest BCUT2D eigenvalue weighted by Gasteiger charge is 2.21. The summed E-state index contributed by atoms with van der Waals surface area (Å²) in [6.45, 7) is 5.68. The number of nitrogens with two attached hydrogens (primary N) is 1. The molecule has 0 radical (unpaired) electrons. The Bertz CT molecular complexity index is 1160. The standard InChI is InChI=1S/C19H20N2O5S/c1-10-5-6-11(2)17-16(10)12(3)18(26-17)19(22)21-13-7-8-14(25-4)15(9-13)27(20,23)24/h5-9H,1-4H3,(H,21,22)(H2,20,23,24). The fourth-order valence-corrected chi connectivity index (χ4v) is 3.78. The van der Waals surface area contributed by atoms with Gasteiger partial charge in [0.25, 0.3) is 5.91 Å². The molecule has 1 aromatic heterocycles. The Balaban J connectivity index is 2.02. The monoisotopic (exact) mass is 388 g/mol. The fourth-order valence-electron chi connectivity index (χ4n) is 3.06. The molecule has 0 saturated heterocycles. The van der Waals surface area contributed by atoms with Gasteiger partial charge in [-0.25, -0.2) is 13.6 Å². The van der Waals surface area contributed by atoms with E-state index in [1.165, 1.54) is 25.3 Å². The summed E-state index contributed by atoms with van der Waals surface area (Å²) in [4.78, 5) is 12.5. The predicted molar refractivity (Wildman–Crippen MR) is 103 cm³/mol. The van der Waals surface area contributed by atoms with Crippen LogP contribution >= 0.6 is 0 Å². The third-order valence-corrected chi connectivity index (χ3v) is 5.35. The summed E-state index contributed by atoms with van der Waals surface area (Å²) in [5.74, 6) is -0.204. The molecule has 0 aliphatic carbocycles. The molecular formula is C19H20N2O5S. The van der Waals surface area contributed by atoms with E-state index in [1.807, 2.05) is 32.9 Å². The number of fused-ring (bicyclic) bond motifs is 1. The molecule has 0 saturated carbocycles. The number of hydrogen-bond donors (Lipinski definition) is 2. The minimum absolute atomic E-state index is 0.0988. The fraction of sp³-hybridized carbons (Fsp3) is 0.211. The number of sulfonamides is 1. The van der Waals surface area contributed by atoms with Crippen molar-refractivity contribution in [1.82, 2.24) is 0 Å². The van der Waals surface area contributed by atoms with E-state index < -0.39 is 15.9 Å². The van der Waals surface area contributed by atoms with Crippen molar-refractivity contribution in [3.05, 3.63) is 52.8 Å². The molecular weight excluding hydrogens is 368 g/mol. The van der Waals surface area contributed by atoms with E-state index in [0.29, 0.717) is 5.58 Å². The zero-order chi connectivity index (χ0) is 19.9. The van der Waals surface area contributed by atoms with Gasteiger partial charge in [-0.3, -0.25) is 4.79 Å². The van der Waals surface area contributed by atoms with E-state index in [9.17, 15) is 13.2 Å². The van der Waals surface area contributed by atoms with Gasteiger partial charge in [0.2, 0.25) is 10.0 Å². The van der Waals surface area contributed by atoms with Crippen LogP contribution in [0, 0.1) is 20.8 Å². The first-order valence-corrected chi connectivity index (χ1v) is 9.69. The zero-order valence-electron chi connectivity index (χ0n) is 15.4. The van der Waals surface area contributed by atoms with Gasteiger partial charge in [0.15, 0.2) is 5.76 Å². The van der Waals surface area contributed by atoms with Crippen LogP contribution in [0.1, 0.15) is 27.2 Å². The molecule has 0 spiro atoms. The Morgan fingerprint density at radius 3 is 2.37 bits per heavy atom. The smallest absolute Gasteiger partial charge is 0.291 e. The van der Waals surface area contributed by atoms with Crippen molar-refractivity contribution >= 4 is 32.6 Å². The molecule has 7 nitrogen and oxygen atoms in total. The molecule has 1 heterocycles. The molecule has 1 amide bonds. The maximum Gasteiger partial charge on any atom is 0.291 e. The average Bonchev–Trinajstić information content (AvgIpc) is 2.96. The first-order valence-electron chi connectivity index (χ1n) is 8.15. The number of nitrogens with one attached hydrogen (secondary N) is 1. The van der Waals surface area contributed by atoms with Crippen LogP contribution in [0.25, 0.3) is 11.0 Å². The maximum atomic E-state index is 12.7. The van der Waals surface area contributed by atoms with E-state index in [0.717, 1.165) is 22.1 Å². The summed E-state index contributed by atoms with van der Waals surface area (Å²) >= 11 is 0. The van der Waals surface area contributed by atoms with Crippen molar-refractivity contribution in [2.75, 3.05) is 12.4 Å². The van der Waals surface area contributed by atoms with Gasteiger partial charge in [-0.15, -0.1) is 0 Å². The number of aryl methyl sites for hydroxylation is 3. The van der Waals surface area contributed by atoms with Crippen molar-refractivity contribution < 1.29 is 22.4 Å². The van der Waals surface area contributed by atoms with Crippen molar-refractivity contribution in [2.45, 2.75) is 25.7 Å². The highest BCUT2D eigenvalue weighted by Crippen LogP contribution is 2.32. The number of rotatable bonds is 4. The minimum Gasteiger partial charge on any atom is -0.495 e. The summed E-state index contributed by atoms with van der Waals surface area (Å²) in [5.41, 5.74) is 3.59. The van der Waals surface area contributed by atoms with Crippen LogP contribution in [0.15, 0.2) is 39.6 Å². The Morgan fingerprint density at radius 1 is 1.11 bits per heavy atom. The first-order chi connectivity index (χ1) is 12.6. The van der Waals surface area contributed by atoms with Gasteiger partial charge in [0, 0.05) is 16.6 Å². The third-order valence-electron chi connectivity index (χ3n) is 4.42. The minimum atomic E-state index is -4.01. The van der Waals surface area contributed by atoms with E-state index in [1.54, 1.807) is 0 Å². The molecule has 3 aromatic rings.